The number of ketones is 1. The molecule has 0 saturated heterocycles. The van der Waals surface area contributed by atoms with E-state index in [9.17, 15) is 4.79 Å². The Morgan fingerprint density at radius 2 is 2.00 bits per heavy atom. The number of hydrogen-bond donors (Lipinski definition) is 0. The molecule has 1 heterocycles. The molecule has 0 bridgehead atoms. The molecule has 20 heavy (non-hydrogen) atoms. The van der Waals surface area contributed by atoms with E-state index in [2.05, 4.69) is 31.1 Å². The van der Waals surface area contributed by atoms with E-state index in [0.717, 1.165) is 23.4 Å². The lowest BCUT2D eigenvalue weighted by Gasteiger charge is -2.04. The quantitative estimate of drug-likeness (QED) is 0.837. The van der Waals surface area contributed by atoms with E-state index >= 15 is 0 Å². The molecule has 2 rings (SSSR count). The third-order valence-electron chi connectivity index (χ3n) is 3.80. The molecule has 0 atom stereocenters. The van der Waals surface area contributed by atoms with Gasteiger partial charge in [0.1, 0.15) is 5.78 Å². The summed E-state index contributed by atoms with van der Waals surface area (Å²) >= 11 is 0. The smallest absolute Gasteiger partial charge is 0.137 e. The third-order valence-corrected chi connectivity index (χ3v) is 3.80. The largest absolute Gasteiger partial charge is 0.299 e. The fourth-order valence-corrected chi connectivity index (χ4v) is 2.58. The first-order chi connectivity index (χ1) is 9.47. The Labute approximate surface area is 120 Å². The predicted molar refractivity (Wildman–Crippen MR) is 80.9 cm³/mol. The van der Waals surface area contributed by atoms with Gasteiger partial charge in [-0.15, -0.1) is 0 Å². The van der Waals surface area contributed by atoms with Crippen LogP contribution in [0, 0.1) is 20.8 Å². The summed E-state index contributed by atoms with van der Waals surface area (Å²) in [5.74, 6) is 0.290. The van der Waals surface area contributed by atoms with E-state index < -0.39 is 0 Å². The highest BCUT2D eigenvalue weighted by Gasteiger charge is 2.11. The van der Waals surface area contributed by atoms with Crippen molar-refractivity contribution in [1.82, 2.24) is 9.78 Å². The van der Waals surface area contributed by atoms with Gasteiger partial charge in [-0.1, -0.05) is 29.8 Å². The number of benzene rings is 1. The number of aromatic nitrogens is 2. The Bertz CT molecular complexity index is 626. The zero-order valence-electron chi connectivity index (χ0n) is 12.7. The van der Waals surface area contributed by atoms with Gasteiger partial charge in [0, 0.05) is 25.6 Å². The summed E-state index contributed by atoms with van der Waals surface area (Å²) in [4.78, 5) is 12.1. The topological polar surface area (TPSA) is 34.9 Å². The molecule has 0 aliphatic carbocycles. The van der Waals surface area contributed by atoms with Crippen molar-refractivity contribution in [1.29, 1.82) is 0 Å². The maximum atomic E-state index is 12.1. The second kappa shape index (κ2) is 6.04. The van der Waals surface area contributed by atoms with Gasteiger partial charge in [0.05, 0.1) is 5.69 Å². The number of aryl methyl sites for hydroxylation is 3. The first kappa shape index (κ1) is 14.5. The van der Waals surface area contributed by atoms with Crippen LogP contribution in [-0.2, 0) is 24.7 Å². The first-order valence-corrected chi connectivity index (χ1v) is 7.03. The number of nitrogens with zero attached hydrogens (tertiary/aromatic N) is 2. The Hall–Kier alpha value is -1.90. The van der Waals surface area contributed by atoms with Crippen LogP contribution in [0.5, 0.6) is 0 Å². The van der Waals surface area contributed by atoms with Gasteiger partial charge in [0.25, 0.3) is 0 Å². The summed E-state index contributed by atoms with van der Waals surface area (Å²) < 4.78 is 1.88. The molecular formula is C17H22N2O. The highest BCUT2D eigenvalue weighted by Crippen LogP contribution is 2.15. The zero-order valence-corrected chi connectivity index (χ0v) is 12.7. The van der Waals surface area contributed by atoms with Crippen LogP contribution in [0.3, 0.4) is 0 Å². The van der Waals surface area contributed by atoms with E-state index in [1.807, 2.05) is 30.8 Å². The molecule has 0 aliphatic heterocycles. The Morgan fingerprint density at radius 3 is 2.60 bits per heavy atom. The molecule has 0 radical (unpaired) electrons. The lowest BCUT2D eigenvalue weighted by atomic mass is 10.0. The minimum Gasteiger partial charge on any atom is -0.299 e. The molecule has 106 valence electrons. The number of rotatable bonds is 5. The lowest BCUT2D eigenvalue weighted by molar-refractivity contribution is -0.118. The van der Waals surface area contributed by atoms with Gasteiger partial charge in [-0.3, -0.25) is 9.48 Å². The fraction of sp³-hybridized carbons (Fsp3) is 0.412. The summed E-state index contributed by atoms with van der Waals surface area (Å²) in [6.45, 7) is 6.12. The van der Waals surface area contributed by atoms with Crippen molar-refractivity contribution in [2.24, 2.45) is 7.05 Å². The zero-order chi connectivity index (χ0) is 14.7. The van der Waals surface area contributed by atoms with Crippen molar-refractivity contribution in [3.8, 4) is 0 Å². The number of hydrogen-bond acceptors (Lipinski definition) is 2. The average molecular weight is 270 g/mol. The molecule has 0 aliphatic rings. The molecular weight excluding hydrogens is 248 g/mol. The molecule has 0 unspecified atom stereocenters. The number of carbonyl (C=O) groups excluding carboxylic acids is 1. The molecule has 0 N–H and O–H groups in total. The van der Waals surface area contributed by atoms with Crippen molar-refractivity contribution in [2.75, 3.05) is 0 Å². The maximum absolute atomic E-state index is 12.1. The molecule has 0 saturated carbocycles. The van der Waals surface area contributed by atoms with Crippen LogP contribution in [0.4, 0.5) is 0 Å². The molecule has 1 aromatic carbocycles. The summed E-state index contributed by atoms with van der Waals surface area (Å²) in [5, 5.41) is 4.39. The minimum atomic E-state index is 0.290. The summed E-state index contributed by atoms with van der Waals surface area (Å²) in [6.07, 6.45) is 1.90. The van der Waals surface area contributed by atoms with Crippen LogP contribution in [0.1, 0.15) is 34.5 Å². The molecule has 0 spiro atoms. The van der Waals surface area contributed by atoms with E-state index in [1.54, 1.807) is 0 Å². The normalized spacial score (nSPS) is 10.8. The van der Waals surface area contributed by atoms with Crippen LogP contribution in [0.15, 0.2) is 24.3 Å². The maximum Gasteiger partial charge on any atom is 0.137 e. The van der Waals surface area contributed by atoms with E-state index in [0.29, 0.717) is 18.6 Å². The molecule has 2 aromatic rings. The standard InChI is InChI=1S/C17H22N2O/c1-12-6-5-7-15(10-12)11-16(20)8-9-17-13(2)18-19(4)14(17)3/h5-7,10H,8-9,11H2,1-4H3. The van der Waals surface area contributed by atoms with Gasteiger partial charge in [-0.2, -0.15) is 5.10 Å². The van der Waals surface area contributed by atoms with Crippen LogP contribution < -0.4 is 0 Å². The van der Waals surface area contributed by atoms with Crippen LogP contribution in [0.25, 0.3) is 0 Å². The predicted octanol–water partition coefficient (Wildman–Crippen LogP) is 3.09. The Morgan fingerprint density at radius 1 is 1.25 bits per heavy atom. The van der Waals surface area contributed by atoms with E-state index in [1.165, 1.54) is 11.1 Å². The summed E-state index contributed by atoms with van der Waals surface area (Å²) in [6, 6.07) is 8.16. The SMILES string of the molecule is Cc1cccc(CC(=O)CCc2c(C)nn(C)c2C)c1. The van der Waals surface area contributed by atoms with Gasteiger partial charge in [0.2, 0.25) is 0 Å². The molecule has 0 fully saturated rings. The van der Waals surface area contributed by atoms with Gasteiger partial charge < -0.3 is 0 Å². The number of carbonyl (C=O) groups is 1. The molecule has 0 amide bonds. The van der Waals surface area contributed by atoms with Gasteiger partial charge in [-0.05, 0) is 38.3 Å². The van der Waals surface area contributed by atoms with Crippen LogP contribution in [-0.4, -0.2) is 15.6 Å². The highest BCUT2D eigenvalue weighted by atomic mass is 16.1. The van der Waals surface area contributed by atoms with Gasteiger partial charge in [-0.25, -0.2) is 0 Å². The van der Waals surface area contributed by atoms with Crippen molar-refractivity contribution in [3.63, 3.8) is 0 Å². The first-order valence-electron chi connectivity index (χ1n) is 7.03. The fourth-order valence-electron chi connectivity index (χ4n) is 2.58. The van der Waals surface area contributed by atoms with Crippen molar-refractivity contribution in [3.05, 3.63) is 52.3 Å². The second-order valence-electron chi connectivity index (χ2n) is 5.48. The van der Waals surface area contributed by atoms with Gasteiger partial charge in [0.15, 0.2) is 0 Å². The molecule has 3 heteroatoms. The van der Waals surface area contributed by atoms with Crippen LogP contribution >= 0.6 is 0 Å². The third kappa shape index (κ3) is 3.35. The number of Topliss-reactive ketones (excluding diaryl/α,β-unsaturated/α-hetero) is 1. The van der Waals surface area contributed by atoms with Gasteiger partial charge >= 0.3 is 0 Å². The molecule has 1 aromatic heterocycles. The Balaban J connectivity index is 1.96. The van der Waals surface area contributed by atoms with Crippen molar-refractivity contribution >= 4 is 5.78 Å². The van der Waals surface area contributed by atoms with Crippen molar-refractivity contribution < 1.29 is 4.79 Å². The minimum absolute atomic E-state index is 0.290. The lowest BCUT2D eigenvalue weighted by Crippen LogP contribution is -2.05. The highest BCUT2D eigenvalue weighted by molar-refractivity contribution is 5.81. The average Bonchev–Trinajstić information content (AvgIpc) is 2.61. The van der Waals surface area contributed by atoms with Crippen molar-refractivity contribution in [2.45, 2.75) is 40.0 Å². The second-order valence-corrected chi connectivity index (χ2v) is 5.48. The Kier molecular flexibility index (Phi) is 4.38. The van der Waals surface area contributed by atoms with E-state index in [4.69, 9.17) is 0 Å². The summed E-state index contributed by atoms with van der Waals surface area (Å²) in [7, 11) is 1.94. The monoisotopic (exact) mass is 270 g/mol. The molecule has 3 nitrogen and oxygen atoms in total. The van der Waals surface area contributed by atoms with Crippen LogP contribution in [0.2, 0.25) is 0 Å². The van der Waals surface area contributed by atoms with E-state index in [-0.39, 0.29) is 0 Å². The summed E-state index contributed by atoms with van der Waals surface area (Å²) in [5.41, 5.74) is 5.72.